The lowest BCUT2D eigenvalue weighted by Gasteiger charge is -2.32. The van der Waals surface area contributed by atoms with Gasteiger partial charge in [-0.1, -0.05) is 0 Å². The van der Waals surface area contributed by atoms with Crippen LogP contribution in [0.5, 0.6) is 0 Å². The topological polar surface area (TPSA) is 54.5 Å². The first-order valence-corrected chi connectivity index (χ1v) is 7.68. The third kappa shape index (κ3) is 2.98. The van der Waals surface area contributed by atoms with Crippen molar-refractivity contribution in [1.29, 1.82) is 0 Å². The number of benzene rings is 1. The first-order chi connectivity index (χ1) is 10.5. The Morgan fingerprint density at radius 2 is 1.91 bits per heavy atom. The summed E-state index contributed by atoms with van der Waals surface area (Å²) in [6, 6.07) is 5.12. The van der Waals surface area contributed by atoms with Gasteiger partial charge in [0.25, 0.3) is 5.69 Å². The molecule has 22 heavy (non-hydrogen) atoms. The second kappa shape index (κ2) is 6.06. The minimum atomic E-state index is -0.323. The Morgan fingerprint density at radius 3 is 2.59 bits per heavy atom. The van der Waals surface area contributed by atoms with Gasteiger partial charge >= 0.3 is 0 Å². The molecule has 0 atom stereocenters. The van der Waals surface area contributed by atoms with Gasteiger partial charge in [-0.15, -0.1) is 0 Å². The second-order valence-corrected chi connectivity index (χ2v) is 6.12. The number of nitro benzene ring substituents is 1. The monoisotopic (exact) mass is 302 g/mol. The highest BCUT2D eigenvalue weighted by molar-refractivity contribution is 5.86. The van der Waals surface area contributed by atoms with E-state index in [0.717, 1.165) is 50.0 Å². The van der Waals surface area contributed by atoms with E-state index in [1.165, 1.54) is 5.56 Å². The first-order valence-electron chi connectivity index (χ1n) is 7.68. The number of nitro groups is 1. The lowest BCUT2D eigenvalue weighted by Crippen LogP contribution is -2.45. The lowest BCUT2D eigenvalue weighted by atomic mass is 10.1. The van der Waals surface area contributed by atoms with Gasteiger partial charge < -0.3 is 14.4 Å². The van der Waals surface area contributed by atoms with E-state index in [-0.39, 0.29) is 10.6 Å². The van der Waals surface area contributed by atoms with Crippen LogP contribution in [0, 0.1) is 10.1 Å². The van der Waals surface area contributed by atoms with E-state index < -0.39 is 0 Å². The molecular formula is C16H22N4O2. The molecule has 1 saturated heterocycles. The summed E-state index contributed by atoms with van der Waals surface area (Å²) >= 11 is 0. The van der Waals surface area contributed by atoms with Crippen molar-refractivity contribution in [2.75, 3.05) is 39.8 Å². The molecular weight excluding hydrogens is 280 g/mol. The minimum Gasteiger partial charge on any atom is -0.350 e. The Balaban J connectivity index is 1.78. The van der Waals surface area contributed by atoms with Gasteiger partial charge in [0.2, 0.25) is 0 Å². The number of likely N-dealkylation sites (N-methyl/N-ethyl adjacent to an activating group) is 1. The standard InChI is InChI=1S/C16H22N4O2/c1-17-7-9-19(10-8-17)6-5-13-12-18(2)16-4-3-14(20(21)22)11-15(13)16/h3-4,11-12H,5-10H2,1-2H3. The van der Waals surface area contributed by atoms with E-state index in [0.29, 0.717) is 0 Å². The fourth-order valence-corrected chi connectivity index (χ4v) is 3.12. The predicted molar refractivity (Wildman–Crippen MR) is 87.2 cm³/mol. The largest absolute Gasteiger partial charge is 0.350 e. The Bertz CT molecular complexity index is 687. The predicted octanol–water partition coefficient (Wildman–Crippen LogP) is 1.88. The van der Waals surface area contributed by atoms with Gasteiger partial charge in [-0.25, -0.2) is 0 Å². The summed E-state index contributed by atoms with van der Waals surface area (Å²) in [4.78, 5) is 15.5. The Morgan fingerprint density at radius 1 is 1.18 bits per heavy atom. The van der Waals surface area contributed by atoms with E-state index in [2.05, 4.69) is 27.6 Å². The van der Waals surface area contributed by atoms with Crippen LogP contribution in [0.1, 0.15) is 5.56 Å². The molecule has 2 heterocycles. The maximum Gasteiger partial charge on any atom is 0.270 e. The molecule has 0 unspecified atom stereocenters. The number of hydrogen-bond acceptors (Lipinski definition) is 4. The molecule has 0 amide bonds. The van der Waals surface area contributed by atoms with Crippen LogP contribution in [-0.4, -0.2) is 59.1 Å². The van der Waals surface area contributed by atoms with E-state index in [1.54, 1.807) is 12.1 Å². The van der Waals surface area contributed by atoms with Gasteiger partial charge in [0.1, 0.15) is 0 Å². The molecule has 6 heteroatoms. The van der Waals surface area contributed by atoms with Crippen LogP contribution in [0.25, 0.3) is 10.9 Å². The molecule has 1 aromatic carbocycles. The summed E-state index contributed by atoms with van der Waals surface area (Å²) in [5, 5.41) is 12.0. The molecule has 118 valence electrons. The molecule has 1 fully saturated rings. The fourth-order valence-electron chi connectivity index (χ4n) is 3.12. The molecule has 0 N–H and O–H groups in total. The molecule has 1 aliphatic rings. The Hall–Kier alpha value is -1.92. The molecule has 2 aromatic rings. The van der Waals surface area contributed by atoms with Gasteiger partial charge in [-0.05, 0) is 25.1 Å². The van der Waals surface area contributed by atoms with E-state index in [1.807, 2.05) is 13.1 Å². The van der Waals surface area contributed by atoms with Crippen molar-refractivity contribution in [3.63, 3.8) is 0 Å². The molecule has 0 saturated carbocycles. The van der Waals surface area contributed by atoms with Gasteiger partial charge in [-0.3, -0.25) is 10.1 Å². The summed E-state index contributed by atoms with van der Waals surface area (Å²) < 4.78 is 2.05. The van der Waals surface area contributed by atoms with Crippen molar-refractivity contribution in [3.8, 4) is 0 Å². The van der Waals surface area contributed by atoms with Gasteiger partial charge in [0.15, 0.2) is 0 Å². The van der Waals surface area contributed by atoms with Crippen molar-refractivity contribution in [3.05, 3.63) is 40.1 Å². The lowest BCUT2D eigenvalue weighted by molar-refractivity contribution is -0.384. The molecule has 1 aromatic heterocycles. The zero-order chi connectivity index (χ0) is 15.7. The molecule has 0 aliphatic carbocycles. The highest BCUT2D eigenvalue weighted by Crippen LogP contribution is 2.26. The quantitative estimate of drug-likeness (QED) is 0.639. The van der Waals surface area contributed by atoms with Crippen molar-refractivity contribution in [1.82, 2.24) is 14.4 Å². The number of non-ortho nitro benzene ring substituents is 1. The summed E-state index contributed by atoms with van der Waals surface area (Å²) in [6.45, 7) is 5.43. The SMILES string of the molecule is CN1CCN(CCc2cn(C)c3ccc([N+](=O)[O-])cc23)CC1. The van der Waals surface area contributed by atoms with Crippen LogP contribution >= 0.6 is 0 Å². The number of nitrogens with zero attached hydrogens (tertiary/aromatic N) is 4. The molecule has 0 bridgehead atoms. The van der Waals surface area contributed by atoms with E-state index in [9.17, 15) is 10.1 Å². The van der Waals surface area contributed by atoms with Crippen LogP contribution in [0.3, 0.4) is 0 Å². The smallest absolute Gasteiger partial charge is 0.270 e. The molecule has 3 rings (SSSR count). The van der Waals surface area contributed by atoms with Gasteiger partial charge in [0, 0.05) is 69.0 Å². The highest BCUT2D eigenvalue weighted by Gasteiger charge is 2.16. The molecule has 0 radical (unpaired) electrons. The first kappa shape index (κ1) is 15.0. The number of fused-ring (bicyclic) bond motifs is 1. The van der Waals surface area contributed by atoms with Crippen LogP contribution in [0.4, 0.5) is 5.69 Å². The van der Waals surface area contributed by atoms with E-state index in [4.69, 9.17) is 0 Å². The van der Waals surface area contributed by atoms with Crippen LogP contribution in [0.15, 0.2) is 24.4 Å². The second-order valence-electron chi connectivity index (χ2n) is 6.12. The van der Waals surface area contributed by atoms with Gasteiger partial charge in [-0.2, -0.15) is 0 Å². The third-order valence-electron chi connectivity index (χ3n) is 4.56. The number of hydrogen-bond donors (Lipinski definition) is 0. The number of piperazine rings is 1. The maximum atomic E-state index is 11.0. The normalized spacial score (nSPS) is 17.2. The summed E-state index contributed by atoms with van der Waals surface area (Å²) in [6.07, 6.45) is 3.03. The average molecular weight is 302 g/mol. The summed E-state index contributed by atoms with van der Waals surface area (Å²) in [7, 11) is 4.15. The summed E-state index contributed by atoms with van der Waals surface area (Å²) in [5.41, 5.74) is 2.42. The number of rotatable bonds is 4. The van der Waals surface area contributed by atoms with Crippen LogP contribution < -0.4 is 0 Å². The zero-order valence-electron chi connectivity index (χ0n) is 13.2. The molecule has 0 spiro atoms. The molecule has 6 nitrogen and oxygen atoms in total. The highest BCUT2D eigenvalue weighted by atomic mass is 16.6. The van der Waals surface area contributed by atoms with Crippen molar-refractivity contribution in [2.24, 2.45) is 7.05 Å². The summed E-state index contributed by atoms with van der Waals surface area (Å²) in [5.74, 6) is 0. The van der Waals surface area contributed by atoms with Crippen molar-refractivity contribution in [2.45, 2.75) is 6.42 Å². The van der Waals surface area contributed by atoms with Crippen LogP contribution in [0.2, 0.25) is 0 Å². The van der Waals surface area contributed by atoms with Crippen molar-refractivity contribution >= 4 is 16.6 Å². The Labute approximate surface area is 130 Å². The van der Waals surface area contributed by atoms with Crippen molar-refractivity contribution < 1.29 is 4.92 Å². The fraction of sp³-hybridized carbons (Fsp3) is 0.500. The maximum absolute atomic E-state index is 11.0. The Kier molecular flexibility index (Phi) is 4.13. The van der Waals surface area contributed by atoms with E-state index >= 15 is 0 Å². The number of aromatic nitrogens is 1. The number of aryl methyl sites for hydroxylation is 1. The zero-order valence-corrected chi connectivity index (χ0v) is 13.2. The third-order valence-corrected chi connectivity index (χ3v) is 4.56. The minimum absolute atomic E-state index is 0.166. The van der Waals surface area contributed by atoms with Gasteiger partial charge in [0.05, 0.1) is 4.92 Å². The molecule has 1 aliphatic heterocycles. The average Bonchev–Trinajstić information content (AvgIpc) is 2.82. The van der Waals surface area contributed by atoms with Crippen LogP contribution in [-0.2, 0) is 13.5 Å².